The van der Waals surface area contributed by atoms with Crippen molar-refractivity contribution in [3.05, 3.63) is 0 Å². The predicted octanol–water partition coefficient (Wildman–Crippen LogP) is 1.10. The molecule has 0 saturated carbocycles. The molecule has 0 radical (unpaired) electrons. The van der Waals surface area contributed by atoms with Gasteiger partial charge in [-0.3, -0.25) is 5.32 Å². The first-order valence-corrected chi connectivity index (χ1v) is 5.66. The van der Waals surface area contributed by atoms with E-state index in [9.17, 15) is 4.79 Å². The average molecular weight is 215 g/mol. The van der Waals surface area contributed by atoms with E-state index in [-0.39, 0.29) is 5.97 Å². The zero-order valence-electron chi connectivity index (χ0n) is 9.67. The van der Waals surface area contributed by atoms with Gasteiger partial charge in [0.25, 0.3) is 0 Å². The Kier molecular flexibility index (Phi) is 5.05. The number of hydrogen-bond donors (Lipinski definition) is 1. The van der Waals surface area contributed by atoms with Gasteiger partial charge in [-0.25, -0.2) is 4.79 Å². The monoisotopic (exact) mass is 215 g/mol. The second kappa shape index (κ2) is 6.08. The van der Waals surface area contributed by atoms with E-state index < -0.39 is 5.54 Å². The highest BCUT2D eigenvalue weighted by molar-refractivity contribution is 5.81. The van der Waals surface area contributed by atoms with Gasteiger partial charge in [-0.2, -0.15) is 0 Å². The molecule has 0 unspecified atom stereocenters. The molecule has 1 atom stereocenters. The van der Waals surface area contributed by atoms with Gasteiger partial charge in [-0.05, 0) is 25.8 Å². The van der Waals surface area contributed by atoms with Crippen LogP contribution in [0.25, 0.3) is 0 Å². The second-order valence-electron chi connectivity index (χ2n) is 4.01. The summed E-state index contributed by atoms with van der Waals surface area (Å²) in [5, 5.41) is 3.20. The molecule has 1 saturated heterocycles. The molecule has 1 rings (SSSR count). The standard InChI is InChI=1S/C11H21NO3/c1-3-4-8-15-9-11(10(13)14-2)6-5-7-12-11/h12H,3-9H2,1-2H3/t11-/m1/s1. The highest BCUT2D eigenvalue weighted by atomic mass is 16.5. The van der Waals surface area contributed by atoms with Crippen LogP contribution >= 0.6 is 0 Å². The van der Waals surface area contributed by atoms with E-state index >= 15 is 0 Å². The maximum absolute atomic E-state index is 11.6. The van der Waals surface area contributed by atoms with E-state index in [1.165, 1.54) is 7.11 Å². The molecular formula is C11H21NO3. The minimum atomic E-state index is -0.581. The largest absolute Gasteiger partial charge is 0.468 e. The van der Waals surface area contributed by atoms with Crippen molar-refractivity contribution < 1.29 is 14.3 Å². The maximum atomic E-state index is 11.6. The lowest BCUT2D eigenvalue weighted by molar-refractivity contribution is -0.150. The fourth-order valence-corrected chi connectivity index (χ4v) is 1.85. The lowest BCUT2D eigenvalue weighted by atomic mass is 9.99. The van der Waals surface area contributed by atoms with Crippen LogP contribution in [0, 0.1) is 0 Å². The third-order valence-corrected chi connectivity index (χ3v) is 2.81. The number of esters is 1. The van der Waals surface area contributed by atoms with E-state index in [0.717, 1.165) is 38.8 Å². The molecule has 1 aliphatic rings. The molecule has 88 valence electrons. The molecular weight excluding hydrogens is 194 g/mol. The number of hydrogen-bond acceptors (Lipinski definition) is 4. The molecule has 15 heavy (non-hydrogen) atoms. The molecule has 4 nitrogen and oxygen atoms in total. The van der Waals surface area contributed by atoms with Gasteiger partial charge in [0.1, 0.15) is 5.54 Å². The molecule has 1 heterocycles. The summed E-state index contributed by atoms with van der Waals surface area (Å²) in [6.45, 7) is 4.14. The highest BCUT2D eigenvalue weighted by Gasteiger charge is 2.42. The molecule has 0 aromatic carbocycles. The van der Waals surface area contributed by atoms with Crippen LogP contribution < -0.4 is 5.32 Å². The van der Waals surface area contributed by atoms with Crippen molar-refractivity contribution in [3.63, 3.8) is 0 Å². The Balaban J connectivity index is 2.40. The Morgan fingerprint density at radius 2 is 2.33 bits per heavy atom. The molecule has 0 amide bonds. The molecule has 1 N–H and O–H groups in total. The van der Waals surface area contributed by atoms with Gasteiger partial charge in [0.15, 0.2) is 0 Å². The van der Waals surface area contributed by atoms with Crippen LogP contribution in [0.4, 0.5) is 0 Å². The molecule has 0 aromatic heterocycles. The molecule has 1 aliphatic heterocycles. The Morgan fingerprint density at radius 3 is 2.87 bits per heavy atom. The Morgan fingerprint density at radius 1 is 1.53 bits per heavy atom. The SMILES string of the molecule is CCCCOC[C@@]1(C(=O)OC)CCCN1. The Labute approximate surface area is 91.3 Å². The molecule has 1 fully saturated rings. The maximum Gasteiger partial charge on any atom is 0.328 e. The van der Waals surface area contributed by atoms with Crippen molar-refractivity contribution in [1.29, 1.82) is 0 Å². The van der Waals surface area contributed by atoms with Crippen molar-refractivity contribution in [2.45, 2.75) is 38.1 Å². The first-order chi connectivity index (χ1) is 7.25. The quantitative estimate of drug-likeness (QED) is 0.532. The topological polar surface area (TPSA) is 47.6 Å². The third-order valence-electron chi connectivity index (χ3n) is 2.81. The summed E-state index contributed by atoms with van der Waals surface area (Å²) in [4.78, 5) is 11.6. The molecule has 0 aromatic rings. The number of carbonyl (C=O) groups excluding carboxylic acids is 1. The normalized spacial score (nSPS) is 25.5. The summed E-state index contributed by atoms with van der Waals surface area (Å²) >= 11 is 0. The first-order valence-electron chi connectivity index (χ1n) is 5.66. The summed E-state index contributed by atoms with van der Waals surface area (Å²) < 4.78 is 10.3. The minimum Gasteiger partial charge on any atom is -0.468 e. The Hall–Kier alpha value is -0.610. The summed E-state index contributed by atoms with van der Waals surface area (Å²) in [6, 6.07) is 0. The molecule has 0 bridgehead atoms. The smallest absolute Gasteiger partial charge is 0.328 e. The number of rotatable bonds is 6. The van der Waals surface area contributed by atoms with Crippen molar-refractivity contribution in [1.82, 2.24) is 5.32 Å². The van der Waals surface area contributed by atoms with Crippen LogP contribution in [0.1, 0.15) is 32.6 Å². The number of carbonyl (C=O) groups is 1. The zero-order valence-corrected chi connectivity index (χ0v) is 9.67. The van der Waals surface area contributed by atoms with Gasteiger partial charge < -0.3 is 9.47 Å². The van der Waals surface area contributed by atoms with Crippen molar-refractivity contribution >= 4 is 5.97 Å². The average Bonchev–Trinajstić information content (AvgIpc) is 2.73. The number of ether oxygens (including phenoxy) is 2. The lowest BCUT2D eigenvalue weighted by Crippen LogP contribution is -2.52. The van der Waals surface area contributed by atoms with Crippen LogP contribution in [0.3, 0.4) is 0 Å². The highest BCUT2D eigenvalue weighted by Crippen LogP contribution is 2.21. The van der Waals surface area contributed by atoms with E-state index in [1.807, 2.05) is 0 Å². The van der Waals surface area contributed by atoms with Crippen LogP contribution in [0.2, 0.25) is 0 Å². The Bertz CT molecular complexity index is 200. The zero-order chi connectivity index (χ0) is 11.1. The molecule has 4 heteroatoms. The number of unbranched alkanes of at least 4 members (excludes halogenated alkanes) is 1. The van der Waals surface area contributed by atoms with Crippen LogP contribution in [0.15, 0.2) is 0 Å². The number of methoxy groups -OCH3 is 1. The predicted molar refractivity (Wildman–Crippen MR) is 57.7 cm³/mol. The van der Waals surface area contributed by atoms with E-state index in [1.54, 1.807) is 0 Å². The minimum absolute atomic E-state index is 0.198. The summed E-state index contributed by atoms with van der Waals surface area (Å²) in [6.07, 6.45) is 3.97. The van der Waals surface area contributed by atoms with Crippen molar-refractivity contribution in [3.8, 4) is 0 Å². The van der Waals surface area contributed by atoms with Gasteiger partial charge >= 0.3 is 5.97 Å². The van der Waals surface area contributed by atoms with Gasteiger partial charge in [-0.1, -0.05) is 13.3 Å². The second-order valence-corrected chi connectivity index (χ2v) is 4.01. The van der Waals surface area contributed by atoms with Crippen LogP contribution in [-0.2, 0) is 14.3 Å². The van der Waals surface area contributed by atoms with Gasteiger partial charge in [0.05, 0.1) is 13.7 Å². The van der Waals surface area contributed by atoms with E-state index in [2.05, 4.69) is 12.2 Å². The fraction of sp³-hybridized carbons (Fsp3) is 0.909. The van der Waals surface area contributed by atoms with Crippen LogP contribution in [0.5, 0.6) is 0 Å². The van der Waals surface area contributed by atoms with Gasteiger partial charge in [0, 0.05) is 6.61 Å². The summed E-state index contributed by atoms with van der Waals surface area (Å²) in [5.74, 6) is -0.198. The first kappa shape index (κ1) is 12.5. The molecule has 0 aliphatic carbocycles. The third kappa shape index (κ3) is 3.18. The van der Waals surface area contributed by atoms with Crippen molar-refractivity contribution in [2.75, 3.05) is 26.9 Å². The summed E-state index contributed by atoms with van der Waals surface area (Å²) in [5.41, 5.74) is -0.581. The lowest BCUT2D eigenvalue weighted by Gasteiger charge is -2.25. The van der Waals surface area contributed by atoms with E-state index in [4.69, 9.17) is 9.47 Å². The van der Waals surface area contributed by atoms with Gasteiger partial charge in [-0.15, -0.1) is 0 Å². The fourth-order valence-electron chi connectivity index (χ4n) is 1.85. The van der Waals surface area contributed by atoms with Gasteiger partial charge in [0.2, 0.25) is 0 Å². The van der Waals surface area contributed by atoms with Crippen molar-refractivity contribution in [2.24, 2.45) is 0 Å². The summed E-state index contributed by atoms with van der Waals surface area (Å²) in [7, 11) is 1.43. The van der Waals surface area contributed by atoms with Crippen LogP contribution in [-0.4, -0.2) is 38.4 Å². The number of nitrogens with one attached hydrogen (secondary N) is 1. The van der Waals surface area contributed by atoms with E-state index in [0.29, 0.717) is 6.61 Å². The molecule has 0 spiro atoms.